The Morgan fingerprint density at radius 1 is 0.864 bits per heavy atom. The molecule has 0 aliphatic heterocycles. The zero-order valence-corrected chi connectivity index (χ0v) is 13.1. The maximum atomic E-state index is 9.91. The lowest BCUT2D eigenvalue weighted by Gasteiger charge is -2.11. The van der Waals surface area contributed by atoms with Gasteiger partial charge in [-0.15, -0.1) is 0 Å². The van der Waals surface area contributed by atoms with E-state index in [9.17, 15) is 5.11 Å². The molecule has 0 unspecified atom stereocenters. The molecule has 0 spiro atoms. The molecular formula is C17H22NO4+. The predicted octanol–water partition coefficient (Wildman–Crippen LogP) is 1.68. The van der Waals surface area contributed by atoms with E-state index < -0.39 is 0 Å². The minimum absolute atomic E-state index is 0.0264. The van der Waals surface area contributed by atoms with Crippen molar-refractivity contribution in [3.05, 3.63) is 47.5 Å². The van der Waals surface area contributed by atoms with Crippen LogP contribution in [-0.2, 0) is 13.1 Å². The standard InChI is InChI=1S/C17H21NO4/c1-20-14-7-5-4-6-13(14)11-18-10-12-8-15(21-2)17(19)16(9-12)22-3/h4-9,18-19H,10-11H2,1-3H3/p+1. The maximum Gasteiger partial charge on any atom is 0.200 e. The lowest BCUT2D eigenvalue weighted by atomic mass is 10.1. The minimum atomic E-state index is 0.0264. The summed E-state index contributed by atoms with van der Waals surface area (Å²) in [6.07, 6.45) is 0. The first-order valence-electron chi connectivity index (χ1n) is 7.07. The summed E-state index contributed by atoms with van der Waals surface area (Å²) in [6.45, 7) is 1.54. The predicted molar refractivity (Wildman–Crippen MR) is 83.5 cm³/mol. The Bertz CT molecular complexity index is 603. The molecule has 2 aromatic rings. The lowest BCUT2D eigenvalue weighted by Crippen LogP contribution is -2.80. The van der Waals surface area contributed by atoms with Crippen LogP contribution in [0.3, 0.4) is 0 Å². The number of para-hydroxylation sites is 1. The molecule has 5 nitrogen and oxygen atoms in total. The molecule has 0 aromatic heterocycles. The van der Waals surface area contributed by atoms with Crippen LogP contribution in [0.25, 0.3) is 0 Å². The average Bonchev–Trinajstić information content (AvgIpc) is 2.56. The van der Waals surface area contributed by atoms with Gasteiger partial charge in [-0.05, 0) is 24.3 Å². The molecular weight excluding hydrogens is 282 g/mol. The third kappa shape index (κ3) is 3.62. The topological polar surface area (TPSA) is 64.5 Å². The number of rotatable bonds is 7. The molecule has 2 rings (SSSR count). The fourth-order valence-corrected chi connectivity index (χ4v) is 2.33. The summed E-state index contributed by atoms with van der Waals surface area (Å²) in [6, 6.07) is 11.6. The van der Waals surface area contributed by atoms with E-state index in [1.54, 1.807) is 7.11 Å². The largest absolute Gasteiger partial charge is 0.502 e. The Balaban J connectivity index is 2.05. The number of nitrogens with two attached hydrogens (primary N) is 1. The monoisotopic (exact) mass is 304 g/mol. The second kappa shape index (κ2) is 7.56. The van der Waals surface area contributed by atoms with Crippen molar-refractivity contribution in [1.29, 1.82) is 0 Å². The Morgan fingerprint density at radius 3 is 2.05 bits per heavy atom. The van der Waals surface area contributed by atoms with Crippen LogP contribution in [0, 0.1) is 0 Å². The minimum Gasteiger partial charge on any atom is -0.502 e. The van der Waals surface area contributed by atoms with Crippen LogP contribution in [0.5, 0.6) is 23.0 Å². The van der Waals surface area contributed by atoms with Gasteiger partial charge < -0.3 is 24.6 Å². The number of methoxy groups -OCH3 is 3. The van der Waals surface area contributed by atoms with Crippen molar-refractivity contribution in [2.45, 2.75) is 13.1 Å². The molecule has 0 amide bonds. The van der Waals surface area contributed by atoms with Crippen LogP contribution in [0.2, 0.25) is 0 Å². The van der Waals surface area contributed by atoms with Gasteiger partial charge in [-0.2, -0.15) is 0 Å². The number of quaternary nitrogens is 1. The van der Waals surface area contributed by atoms with Crippen molar-refractivity contribution >= 4 is 0 Å². The second-order valence-corrected chi connectivity index (χ2v) is 4.86. The van der Waals surface area contributed by atoms with Gasteiger partial charge in [-0.3, -0.25) is 0 Å². The molecule has 0 fully saturated rings. The normalized spacial score (nSPS) is 10.3. The lowest BCUT2D eigenvalue weighted by molar-refractivity contribution is -0.686. The first-order valence-corrected chi connectivity index (χ1v) is 7.07. The number of aromatic hydroxyl groups is 1. The van der Waals surface area contributed by atoms with Crippen LogP contribution in [0.4, 0.5) is 0 Å². The third-order valence-electron chi connectivity index (χ3n) is 3.48. The van der Waals surface area contributed by atoms with Crippen molar-refractivity contribution in [3.63, 3.8) is 0 Å². The van der Waals surface area contributed by atoms with E-state index in [2.05, 4.69) is 5.32 Å². The molecule has 0 radical (unpaired) electrons. The number of phenols is 1. The first kappa shape index (κ1) is 16.0. The molecule has 0 aliphatic rings. The van der Waals surface area contributed by atoms with Crippen LogP contribution >= 0.6 is 0 Å². The molecule has 3 N–H and O–H groups in total. The van der Waals surface area contributed by atoms with Gasteiger partial charge in [0.05, 0.1) is 21.3 Å². The average molecular weight is 304 g/mol. The highest BCUT2D eigenvalue weighted by Gasteiger charge is 2.12. The van der Waals surface area contributed by atoms with Crippen LogP contribution in [0.15, 0.2) is 36.4 Å². The van der Waals surface area contributed by atoms with E-state index in [4.69, 9.17) is 14.2 Å². The first-order chi connectivity index (χ1) is 10.7. The van der Waals surface area contributed by atoms with Gasteiger partial charge in [0.15, 0.2) is 11.5 Å². The molecule has 22 heavy (non-hydrogen) atoms. The summed E-state index contributed by atoms with van der Waals surface area (Å²) in [5.74, 6) is 1.75. The highest BCUT2D eigenvalue weighted by molar-refractivity contribution is 5.52. The molecule has 0 heterocycles. The summed E-state index contributed by atoms with van der Waals surface area (Å²) in [5, 5.41) is 12.1. The Kier molecular flexibility index (Phi) is 5.49. The van der Waals surface area contributed by atoms with Crippen molar-refractivity contribution in [2.24, 2.45) is 0 Å². The maximum absolute atomic E-state index is 9.91. The van der Waals surface area contributed by atoms with Gasteiger partial charge in [-0.1, -0.05) is 12.1 Å². The van der Waals surface area contributed by atoms with E-state index in [0.717, 1.165) is 30.0 Å². The van der Waals surface area contributed by atoms with Crippen molar-refractivity contribution in [1.82, 2.24) is 0 Å². The number of hydrogen-bond acceptors (Lipinski definition) is 4. The fraction of sp³-hybridized carbons (Fsp3) is 0.294. The summed E-state index contributed by atoms with van der Waals surface area (Å²) in [7, 11) is 4.72. The highest BCUT2D eigenvalue weighted by Crippen LogP contribution is 2.36. The van der Waals surface area contributed by atoms with Gasteiger partial charge in [0, 0.05) is 11.1 Å². The smallest absolute Gasteiger partial charge is 0.200 e. The van der Waals surface area contributed by atoms with Gasteiger partial charge in [0.1, 0.15) is 18.8 Å². The van der Waals surface area contributed by atoms with Gasteiger partial charge >= 0.3 is 0 Å². The quantitative estimate of drug-likeness (QED) is 0.817. The van der Waals surface area contributed by atoms with E-state index in [0.29, 0.717) is 11.5 Å². The highest BCUT2D eigenvalue weighted by atomic mass is 16.5. The van der Waals surface area contributed by atoms with E-state index in [1.807, 2.05) is 36.4 Å². The number of phenolic OH excluding ortho intramolecular Hbond substituents is 1. The molecule has 0 atom stereocenters. The SMILES string of the molecule is COc1ccccc1C[NH2+]Cc1cc(OC)c(O)c(OC)c1. The van der Waals surface area contributed by atoms with E-state index in [-0.39, 0.29) is 5.75 Å². The Hall–Kier alpha value is -2.40. The van der Waals surface area contributed by atoms with Gasteiger partial charge in [-0.25, -0.2) is 0 Å². The van der Waals surface area contributed by atoms with Gasteiger partial charge in [0.2, 0.25) is 5.75 Å². The summed E-state index contributed by atoms with van der Waals surface area (Å²) in [5.41, 5.74) is 2.16. The Morgan fingerprint density at radius 2 is 1.45 bits per heavy atom. The number of ether oxygens (including phenoxy) is 3. The molecule has 0 saturated heterocycles. The van der Waals surface area contributed by atoms with E-state index >= 15 is 0 Å². The molecule has 0 aliphatic carbocycles. The van der Waals surface area contributed by atoms with Crippen molar-refractivity contribution < 1.29 is 24.6 Å². The molecule has 0 bridgehead atoms. The number of hydrogen-bond donors (Lipinski definition) is 2. The van der Waals surface area contributed by atoms with Gasteiger partial charge in [0.25, 0.3) is 0 Å². The van der Waals surface area contributed by atoms with Crippen molar-refractivity contribution in [3.8, 4) is 23.0 Å². The van der Waals surface area contributed by atoms with E-state index in [1.165, 1.54) is 14.2 Å². The zero-order chi connectivity index (χ0) is 15.9. The molecule has 118 valence electrons. The van der Waals surface area contributed by atoms with Crippen LogP contribution in [0.1, 0.15) is 11.1 Å². The molecule has 0 saturated carbocycles. The Labute approximate surface area is 130 Å². The number of benzene rings is 2. The second-order valence-electron chi connectivity index (χ2n) is 4.86. The molecule has 5 heteroatoms. The molecule has 2 aromatic carbocycles. The third-order valence-corrected chi connectivity index (χ3v) is 3.48. The van der Waals surface area contributed by atoms with Crippen LogP contribution in [-0.4, -0.2) is 26.4 Å². The zero-order valence-electron chi connectivity index (χ0n) is 13.1. The van der Waals surface area contributed by atoms with Crippen molar-refractivity contribution in [2.75, 3.05) is 21.3 Å². The fourth-order valence-electron chi connectivity index (χ4n) is 2.33. The summed E-state index contributed by atoms with van der Waals surface area (Å²) in [4.78, 5) is 0. The summed E-state index contributed by atoms with van der Waals surface area (Å²) >= 11 is 0. The summed E-state index contributed by atoms with van der Waals surface area (Å²) < 4.78 is 15.7. The van der Waals surface area contributed by atoms with Crippen LogP contribution < -0.4 is 19.5 Å².